The fourth-order valence-electron chi connectivity index (χ4n) is 7.94. The van der Waals surface area contributed by atoms with Crippen LogP contribution in [-0.2, 0) is 35.6 Å². The number of aryl methyl sites for hydroxylation is 5. The Hall–Kier alpha value is -6.95. The standard InChI is InChI=1S/C49H48N4O8/c1-27-7-8-34(19-28(27)2)25-58-39-15-13-36(14-16-39)45-26-59-43-22-37-21-42(53(24-38(37)23-44(43)61-45)48(55)46-31(5)60-32(6)51-46)47(54)52-41(49(56)57)20-33-9-11-35(12-10-33)40-17-18-50-30(4)29(40)3/h7-19,22-23,41-42,45H,20-21,24-26H2,1-6H3,(H,52,54)(H,56,57)/t41?,42-,45+/m0/s1. The number of ether oxygens (including phenoxy) is 3. The number of carbonyl (C=O) groups excluding carboxylic acids is 2. The Kier molecular flexibility index (Phi) is 11.3. The van der Waals surface area contributed by atoms with Gasteiger partial charge in [0.05, 0.1) is 0 Å². The molecule has 12 nitrogen and oxygen atoms in total. The Bertz CT molecular complexity index is 2640. The van der Waals surface area contributed by atoms with E-state index < -0.39 is 36.0 Å². The highest BCUT2D eigenvalue weighted by Crippen LogP contribution is 2.41. The van der Waals surface area contributed by atoms with Gasteiger partial charge in [-0.3, -0.25) is 14.6 Å². The van der Waals surface area contributed by atoms with Gasteiger partial charge < -0.3 is 34.0 Å². The van der Waals surface area contributed by atoms with Crippen molar-refractivity contribution in [1.82, 2.24) is 20.2 Å². The molecule has 2 aliphatic heterocycles. The Morgan fingerprint density at radius 3 is 2.31 bits per heavy atom. The molecule has 2 aliphatic rings. The average molecular weight is 821 g/mol. The number of pyridine rings is 1. The van der Waals surface area contributed by atoms with Gasteiger partial charge >= 0.3 is 5.97 Å². The maximum absolute atomic E-state index is 14.2. The molecule has 8 rings (SSSR count). The molecule has 0 saturated carbocycles. The lowest BCUT2D eigenvalue weighted by atomic mass is 9.91. The number of benzene rings is 4. The van der Waals surface area contributed by atoms with E-state index in [-0.39, 0.29) is 31.7 Å². The molecule has 0 bridgehead atoms. The third-order valence-corrected chi connectivity index (χ3v) is 11.7. The minimum atomic E-state index is -1.26. The molecule has 2 aromatic heterocycles. The second-order valence-corrected chi connectivity index (χ2v) is 15.9. The normalized spacial score (nSPS) is 16.1. The summed E-state index contributed by atoms with van der Waals surface area (Å²) >= 11 is 0. The van der Waals surface area contributed by atoms with Crippen molar-refractivity contribution in [1.29, 1.82) is 0 Å². The summed E-state index contributed by atoms with van der Waals surface area (Å²) in [4.78, 5) is 51.2. The first-order valence-corrected chi connectivity index (χ1v) is 20.3. The van der Waals surface area contributed by atoms with Crippen LogP contribution in [0.1, 0.15) is 78.4 Å². The number of nitrogens with zero attached hydrogens (tertiary/aromatic N) is 3. The van der Waals surface area contributed by atoms with Crippen molar-refractivity contribution >= 4 is 17.8 Å². The molecule has 0 aliphatic carbocycles. The summed E-state index contributed by atoms with van der Waals surface area (Å²) < 4.78 is 24.4. The van der Waals surface area contributed by atoms with Crippen LogP contribution in [0, 0.1) is 41.5 Å². The summed E-state index contributed by atoms with van der Waals surface area (Å²) in [6, 6.07) is 25.0. The highest BCUT2D eigenvalue weighted by molar-refractivity contribution is 5.98. The monoisotopic (exact) mass is 820 g/mol. The quantitative estimate of drug-likeness (QED) is 0.131. The van der Waals surface area contributed by atoms with Gasteiger partial charge in [-0.15, -0.1) is 0 Å². The van der Waals surface area contributed by atoms with Crippen LogP contribution in [0.15, 0.2) is 95.5 Å². The number of fused-ring (bicyclic) bond motifs is 2. The van der Waals surface area contributed by atoms with E-state index in [1.807, 2.05) is 80.6 Å². The fraction of sp³-hybridized carbons (Fsp3) is 0.286. The van der Waals surface area contributed by atoms with Gasteiger partial charge in [-0.05, 0) is 121 Å². The SMILES string of the molecule is Cc1nc(C(=O)N2Cc3cc4c(cc3C[C@H]2C(=O)NC(Cc2ccc(-c3ccnc(C)c3C)cc2)C(=O)O)OC[C@H](c2ccc(OCc3ccc(C)c(C)c3)cc2)O4)c(C)o1. The molecule has 3 atom stereocenters. The number of carboxylic acids is 1. The molecular formula is C49H48N4O8. The zero-order valence-electron chi connectivity index (χ0n) is 35.1. The topological polar surface area (TPSA) is 153 Å². The van der Waals surface area contributed by atoms with E-state index in [0.29, 0.717) is 29.8 Å². The molecule has 0 saturated heterocycles. The molecule has 12 heteroatoms. The Morgan fingerprint density at radius 2 is 1.61 bits per heavy atom. The minimum Gasteiger partial charge on any atom is -0.489 e. The van der Waals surface area contributed by atoms with Crippen molar-refractivity contribution in [3.05, 3.63) is 159 Å². The summed E-state index contributed by atoms with van der Waals surface area (Å²) in [6.07, 6.45) is 1.52. The molecule has 2 amide bonds. The van der Waals surface area contributed by atoms with Gasteiger partial charge in [0.1, 0.15) is 36.8 Å². The van der Waals surface area contributed by atoms with E-state index in [0.717, 1.165) is 56.0 Å². The van der Waals surface area contributed by atoms with Crippen molar-refractivity contribution in [3.8, 4) is 28.4 Å². The molecular weight excluding hydrogens is 773 g/mol. The van der Waals surface area contributed by atoms with Crippen molar-refractivity contribution in [3.63, 3.8) is 0 Å². The molecule has 1 unspecified atom stereocenters. The molecule has 4 heterocycles. The van der Waals surface area contributed by atoms with Crippen LogP contribution in [-0.4, -0.2) is 56.4 Å². The van der Waals surface area contributed by atoms with Crippen molar-refractivity contribution in [2.24, 2.45) is 0 Å². The predicted octanol–water partition coefficient (Wildman–Crippen LogP) is 8.06. The molecule has 0 fully saturated rings. The number of carbonyl (C=O) groups is 3. The average Bonchev–Trinajstić information content (AvgIpc) is 3.60. The second-order valence-electron chi connectivity index (χ2n) is 15.9. The van der Waals surface area contributed by atoms with E-state index in [9.17, 15) is 19.5 Å². The van der Waals surface area contributed by atoms with Gasteiger partial charge in [0.2, 0.25) is 5.91 Å². The molecule has 0 spiro atoms. The smallest absolute Gasteiger partial charge is 0.326 e. The lowest BCUT2D eigenvalue weighted by Gasteiger charge is -2.37. The van der Waals surface area contributed by atoms with Crippen LogP contribution in [0.5, 0.6) is 17.2 Å². The molecule has 312 valence electrons. The molecule has 2 N–H and O–H groups in total. The number of oxazole rings is 1. The molecule has 61 heavy (non-hydrogen) atoms. The number of aromatic nitrogens is 2. The number of rotatable bonds is 11. The van der Waals surface area contributed by atoms with Crippen LogP contribution >= 0.6 is 0 Å². The number of nitrogens with one attached hydrogen (secondary N) is 1. The third-order valence-electron chi connectivity index (χ3n) is 11.7. The zero-order valence-corrected chi connectivity index (χ0v) is 35.1. The van der Waals surface area contributed by atoms with Gasteiger partial charge in [-0.1, -0.05) is 54.6 Å². The van der Waals surface area contributed by atoms with E-state index in [4.69, 9.17) is 18.6 Å². The maximum Gasteiger partial charge on any atom is 0.326 e. The minimum absolute atomic E-state index is 0.0390. The van der Waals surface area contributed by atoms with Gasteiger partial charge in [0, 0.05) is 38.2 Å². The molecule has 4 aromatic carbocycles. The number of hydrogen-bond acceptors (Lipinski definition) is 9. The lowest BCUT2D eigenvalue weighted by Crippen LogP contribution is -2.56. The summed E-state index contributed by atoms with van der Waals surface area (Å²) in [7, 11) is 0. The Balaban J connectivity index is 0.993. The van der Waals surface area contributed by atoms with Crippen molar-refractivity contribution < 1.29 is 38.1 Å². The number of carboxylic acid groups (broad SMARTS) is 1. The van der Waals surface area contributed by atoms with Crippen molar-refractivity contribution in [2.45, 2.75) is 85.7 Å². The Morgan fingerprint density at radius 1 is 0.869 bits per heavy atom. The fourth-order valence-corrected chi connectivity index (χ4v) is 7.94. The van der Waals surface area contributed by atoms with Gasteiger partial charge in [0.15, 0.2) is 29.2 Å². The Labute approximate surface area is 354 Å². The van der Waals surface area contributed by atoms with Crippen LogP contribution in [0.25, 0.3) is 11.1 Å². The first-order valence-electron chi connectivity index (χ1n) is 20.3. The molecule has 0 radical (unpaired) electrons. The highest BCUT2D eigenvalue weighted by Gasteiger charge is 2.39. The van der Waals surface area contributed by atoms with E-state index in [1.54, 1.807) is 20.0 Å². The largest absolute Gasteiger partial charge is 0.489 e. The van der Waals surface area contributed by atoms with Gasteiger partial charge in [-0.25, -0.2) is 9.78 Å². The highest BCUT2D eigenvalue weighted by atomic mass is 16.6. The second kappa shape index (κ2) is 17.0. The maximum atomic E-state index is 14.2. The van der Waals surface area contributed by atoms with E-state index in [2.05, 4.69) is 47.3 Å². The summed E-state index contributed by atoms with van der Waals surface area (Å²) in [6.45, 7) is 12.2. The summed E-state index contributed by atoms with van der Waals surface area (Å²) in [5, 5.41) is 13.0. The number of aliphatic carboxylic acids is 1. The van der Waals surface area contributed by atoms with Gasteiger partial charge in [0.25, 0.3) is 5.91 Å². The predicted molar refractivity (Wildman–Crippen MR) is 228 cm³/mol. The van der Waals surface area contributed by atoms with Crippen molar-refractivity contribution in [2.75, 3.05) is 6.61 Å². The molecule has 6 aromatic rings. The zero-order chi connectivity index (χ0) is 42.9. The number of hydrogen-bond donors (Lipinski definition) is 2. The van der Waals surface area contributed by atoms with Crippen LogP contribution in [0.4, 0.5) is 0 Å². The lowest BCUT2D eigenvalue weighted by molar-refractivity contribution is -0.142. The summed E-state index contributed by atoms with van der Waals surface area (Å²) in [5.41, 5.74) is 10.9. The van der Waals surface area contributed by atoms with Gasteiger partial charge in [-0.2, -0.15) is 0 Å². The van der Waals surface area contributed by atoms with E-state index in [1.165, 1.54) is 16.0 Å². The van der Waals surface area contributed by atoms with Crippen LogP contribution < -0.4 is 19.5 Å². The van der Waals surface area contributed by atoms with Crippen LogP contribution in [0.2, 0.25) is 0 Å². The first kappa shape index (κ1) is 40.8. The van der Waals surface area contributed by atoms with E-state index >= 15 is 0 Å². The summed E-state index contributed by atoms with van der Waals surface area (Å²) in [5.74, 6) is 0.125. The third kappa shape index (κ3) is 8.70. The first-order chi connectivity index (χ1) is 29.3. The number of amides is 2. The van der Waals surface area contributed by atoms with Crippen LogP contribution in [0.3, 0.4) is 0 Å².